The number of esters is 1. The summed E-state index contributed by atoms with van der Waals surface area (Å²) in [6.07, 6.45) is 0.141. The van der Waals surface area contributed by atoms with Crippen molar-refractivity contribution in [3.63, 3.8) is 0 Å². The number of carbonyl (C=O) groups excluding carboxylic acids is 1. The molecule has 0 aliphatic carbocycles. The Hall–Kier alpha value is -3.21. The van der Waals surface area contributed by atoms with Gasteiger partial charge in [-0.2, -0.15) is 0 Å². The van der Waals surface area contributed by atoms with E-state index >= 15 is 0 Å². The average Bonchev–Trinajstić information content (AvgIpc) is 2.60. The molecular formula is C19H15NO4. The van der Waals surface area contributed by atoms with Crippen LogP contribution in [-0.2, 0) is 22.6 Å². The van der Waals surface area contributed by atoms with Crippen LogP contribution in [0.25, 0.3) is 10.8 Å². The molecule has 0 amide bonds. The number of nitro benzene ring substituents is 1. The normalized spacial score (nSPS) is 10.5. The summed E-state index contributed by atoms with van der Waals surface area (Å²) in [6, 6.07) is 19.8. The van der Waals surface area contributed by atoms with Gasteiger partial charge in [-0.3, -0.25) is 14.9 Å². The van der Waals surface area contributed by atoms with Gasteiger partial charge in [-0.15, -0.1) is 0 Å². The van der Waals surface area contributed by atoms with Gasteiger partial charge in [0, 0.05) is 6.07 Å². The van der Waals surface area contributed by atoms with E-state index in [1.807, 2.05) is 54.6 Å². The molecule has 0 saturated carbocycles. The number of hydrogen-bond donors (Lipinski definition) is 0. The quantitative estimate of drug-likeness (QED) is 0.404. The first-order chi connectivity index (χ1) is 11.6. The van der Waals surface area contributed by atoms with E-state index in [9.17, 15) is 14.9 Å². The number of rotatable bonds is 5. The van der Waals surface area contributed by atoms with Crippen LogP contribution >= 0.6 is 0 Å². The first-order valence-corrected chi connectivity index (χ1v) is 7.49. The van der Waals surface area contributed by atoms with Gasteiger partial charge in [0.2, 0.25) is 0 Å². The standard InChI is InChI=1S/C19H15NO4/c21-19(10-14-6-2-1-3-7-14)24-13-17-11-15-8-4-5-9-16(15)12-18(17)20(22)23/h1-9,11-12H,10,13H2. The Balaban J connectivity index is 1.77. The van der Waals surface area contributed by atoms with Gasteiger partial charge in [0.15, 0.2) is 0 Å². The molecular weight excluding hydrogens is 306 g/mol. The Morgan fingerprint density at radius 2 is 1.58 bits per heavy atom. The summed E-state index contributed by atoms with van der Waals surface area (Å²) in [5, 5.41) is 12.9. The van der Waals surface area contributed by atoms with Crippen molar-refractivity contribution in [2.24, 2.45) is 0 Å². The van der Waals surface area contributed by atoms with E-state index in [1.165, 1.54) is 6.07 Å². The summed E-state index contributed by atoms with van der Waals surface area (Å²) >= 11 is 0. The molecule has 120 valence electrons. The highest BCUT2D eigenvalue weighted by Gasteiger charge is 2.16. The maximum atomic E-state index is 11.9. The van der Waals surface area contributed by atoms with Gasteiger partial charge < -0.3 is 4.74 Å². The van der Waals surface area contributed by atoms with Crippen molar-refractivity contribution in [3.05, 3.63) is 88.0 Å². The van der Waals surface area contributed by atoms with Crippen LogP contribution in [0.3, 0.4) is 0 Å². The lowest BCUT2D eigenvalue weighted by Gasteiger charge is -2.07. The maximum absolute atomic E-state index is 11.9. The summed E-state index contributed by atoms with van der Waals surface area (Å²) in [5.41, 5.74) is 1.19. The summed E-state index contributed by atoms with van der Waals surface area (Å²) in [5.74, 6) is -0.413. The van der Waals surface area contributed by atoms with E-state index in [4.69, 9.17) is 4.74 Å². The van der Waals surface area contributed by atoms with Gasteiger partial charge in [0.25, 0.3) is 5.69 Å². The SMILES string of the molecule is O=C(Cc1ccccc1)OCc1cc2ccccc2cc1[N+](=O)[O-]. The van der Waals surface area contributed by atoms with Crippen LogP contribution in [0.4, 0.5) is 5.69 Å². The second kappa shape index (κ2) is 6.91. The minimum Gasteiger partial charge on any atom is -0.460 e. The largest absolute Gasteiger partial charge is 0.460 e. The molecule has 0 fully saturated rings. The average molecular weight is 321 g/mol. The third-order valence-electron chi connectivity index (χ3n) is 3.72. The van der Waals surface area contributed by atoms with Crippen molar-refractivity contribution in [3.8, 4) is 0 Å². The van der Waals surface area contributed by atoms with Crippen LogP contribution in [-0.4, -0.2) is 10.9 Å². The Morgan fingerprint density at radius 3 is 2.25 bits per heavy atom. The predicted molar refractivity (Wildman–Crippen MR) is 90.5 cm³/mol. The number of fused-ring (bicyclic) bond motifs is 1. The van der Waals surface area contributed by atoms with Crippen LogP contribution in [0.5, 0.6) is 0 Å². The van der Waals surface area contributed by atoms with Crippen molar-refractivity contribution in [1.29, 1.82) is 0 Å². The van der Waals surface area contributed by atoms with Gasteiger partial charge in [-0.1, -0.05) is 54.6 Å². The molecule has 0 aliphatic heterocycles. The molecule has 0 bridgehead atoms. The highest BCUT2D eigenvalue weighted by molar-refractivity contribution is 5.86. The zero-order valence-electron chi connectivity index (χ0n) is 12.8. The van der Waals surface area contributed by atoms with E-state index in [2.05, 4.69) is 0 Å². The Bertz CT molecular complexity index is 890. The lowest BCUT2D eigenvalue weighted by molar-refractivity contribution is -0.385. The molecule has 0 N–H and O–H groups in total. The van der Waals surface area contributed by atoms with Gasteiger partial charge in [-0.05, 0) is 22.4 Å². The molecule has 0 heterocycles. The van der Waals surface area contributed by atoms with Gasteiger partial charge >= 0.3 is 5.97 Å². The molecule has 0 atom stereocenters. The van der Waals surface area contributed by atoms with Crippen LogP contribution in [0.2, 0.25) is 0 Å². The second-order valence-corrected chi connectivity index (χ2v) is 5.41. The summed E-state index contributed by atoms with van der Waals surface area (Å²) in [4.78, 5) is 22.8. The van der Waals surface area contributed by atoms with Crippen molar-refractivity contribution >= 4 is 22.4 Å². The summed E-state index contributed by atoms with van der Waals surface area (Å²) < 4.78 is 5.23. The molecule has 0 aliphatic rings. The molecule has 24 heavy (non-hydrogen) atoms. The number of carbonyl (C=O) groups is 1. The highest BCUT2D eigenvalue weighted by Crippen LogP contribution is 2.26. The lowest BCUT2D eigenvalue weighted by atomic mass is 10.1. The molecule has 0 saturated heterocycles. The molecule has 0 spiro atoms. The van der Waals surface area contributed by atoms with Crippen LogP contribution < -0.4 is 0 Å². The van der Waals surface area contributed by atoms with Crippen molar-refractivity contribution in [2.45, 2.75) is 13.0 Å². The molecule has 0 aromatic heterocycles. The smallest absolute Gasteiger partial charge is 0.310 e. The minimum atomic E-state index is -0.452. The molecule has 3 aromatic rings. The maximum Gasteiger partial charge on any atom is 0.310 e. The topological polar surface area (TPSA) is 69.4 Å². The Morgan fingerprint density at radius 1 is 0.958 bits per heavy atom. The third kappa shape index (κ3) is 3.57. The molecule has 3 rings (SSSR count). The second-order valence-electron chi connectivity index (χ2n) is 5.41. The fourth-order valence-corrected chi connectivity index (χ4v) is 2.53. The zero-order valence-corrected chi connectivity index (χ0v) is 12.8. The van der Waals surface area contributed by atoms with E-state index in [0.29, 0.717) is 5.56 Å². The van der Waals surface area contributed by atoms with Crippen molar-refractivity contribution < 1.29 is 14.5 Å². The number of ether oxygens (including phenoxy) is 1. The Labute approximate surface area is 138 Å². The van der Waals surface area contributed by atoms with Gasteiger partial charge in [-0.25, -0.2) is 0 Å². The number of benzene rings is 3. The number of nitrogens with zero attached hydrogens (tertiary/aromatic N) is 1. The molecule has 0 radical (unpaired) electrons. The fraction of sp³-hybridized carbons (Fsp3) is 0.105. The van der Waals surface area contributed by atoms with Crippen molar-refractivity contribution in [2.75, 3.05) is 0 Å². The predicted octanol–water partition coefficient (Wildman–Crippen LogP) is 4.03. The third-order valence-corrected chi connectivity index (χ3v) is 3.72. The van der Waals surface area contributed by atoms with Crippen LogP contribution in [0.1, 0.15) is 11.1 Å². The molecule has 5 heteroatoms. The van der Waals surface area contributed by atoms with Crippen LogP contribution in [0.15, 0.2) is 66.7 Å². The van der Waals surface area contributed by atoms with Crippen LogP contribution in [0, 0.1) is 10.1 Å². The number of hydrogen-bond acceptors (Lipinski definition) is 4. The molecule has 5 nitrogen and oxygen atoms in total. The first-order valence-electron chi connectivity index (χ1n) is 7.49. The van der Waals surface area contributed by atoms with E-state index in [-0.39, 0.29) is 18.7 Å². The monoisotopic (exact) mass is 321 g/mol. The lowest BCUT2D eigenvalue weighted by Crippen LogP contribution is -2.09. The zero-order chi connectivity index (χ0) is 16.9. The van der Waals surface area contributed by atoms with E-state index in [0.717, 1.165) is 16.3 Å². The van der Waals surface area contributed by atoms with E-state index in [1.54, 1.807) is 6.07 Å². The highest BCUT2D eigenvalue weighted by atomic mass is 16.6. The van der Waals surface area contributed by atoms with E-state index < -0.39 is 10.9 Å². The van der Waals surface area contributed by atoms with Gasteiger partial charge in [0.1, 0.15) is 6.61 Å². The summed E-state index contributed by atoms with van der Waals surface area (Å²) in [7, 11) is 0. The van der Waals surface area contributed by atoms with Crippen molar-refractivity contribution in [1.82, 2.24) is 0 Å². The van der Waals surface area contributed by atoms with Gasteiger partial charge in [0.05, 0.1) is 16.9 Å². The Kier molecular flexibility index (Phi) is 4.52. The first kappa shape index (κ1) is 15.7. The fourth-order valence-electron chi connectivity index (χ4n) is 2.53. The molecule has 0 unspecified atom stereocenters. The number of nitro groups is 1. The summed E-state index contributed by atoms with van der Waals surface area (Å²) in [6.45, 7) is -0.118. The minimum absolute atomic E-state index is 0.0405. The molecule has 3 aromatic carbocycles.